The van der Waals surface area contributed by atoms with Crippen molar-refractivity contribution in [3.05, 3.63) is 34.6 Å². The Labute approximate surface area is 171 Å². The summed E-state index contributed by atoms with van der Waals surface area (Å²) in [5, 5.41) is 4.17. The number of benzene rings is 1. The summed E-state index contributed by atoms with van der Waals surface area (Å²) in [6, 6.07) is 7.74. The van der Waals surface area contributed by atoms with Crippen LogP contribution in [0.3, 0.4) is 0 Å². The van der Waals surface area contributed by atoms with Gasteiger partial charge in [0.2, 0.25) is 5.91 Å². The molecule has 3 rings (SSSR count). The van der Waals surface area contributed by atoms with Crippen molar-refractivity contribution in [2.75, 3.05) is 0 Å². The maximum Gasteiger partial charge on any atom is 0.262 e. The highest BCUT2D eigenvalue weighted by molar-refractivity contribution is 8.00. The van der Waals surface area contributed by atoms with Crippen LogP contribution >= 0.6 is 11.8 Å². The standard InChI is InChI=1S/C22H31N3O2S/c1-4-15(2)25-21(27)18-13-9-10-14-19(18)24-22(25)28-16(3)20(26)23-17-11-7-5-6-8-12-17/h9-10,13-17H,4-8,11-12H2,1-3H3,(H,23,26)/t15-,16-/m0/s1. The summed E-state index contributed by atoms with van der Waals surface area (Å²) in [6.45, 7) is 5.99. The van der Waals surface area contributed by atoms with Crippen LogP contribution in [0.4, 0.5) is 0 Å². The van der Waals surface area contributed by atoms with Gasteiger partial charge in [-0.25, -0.2) is 4.98 Å². The number of nitrogens with one attached hydrogen (secondary N) is 1. The Morgan fingerprint density at radius 1 is 1.21 bits per heavy atom. The lowest BCUT2D eigenvalue weighted by Gasteiger charge is -2.22. The number of aromatic nitrogens is 2. The minimum Gasteiger partial charge on any atom is -0.352 e. The molecule has 1 heterocycles. The van der Waals surface area contributed by atoms with Crippen molar-refractivity contribution in [3.63, 3.8) is 0 Å². The van der Waals surface area contributed by atoms with Crippen LogP contribution in [0.15, 0.2) is 34.2 Å². The van der Waals surface area contributed by atoms with E-state index in [4.69, 9.17) is 4.98 Å². The number of carbonyl (C=O) groups excluding carboxylic acids is 1. The molecule has 1 aliphatic carbocycles. The van der Waals surface area contributed by atoms with Gasteiger partial charge in [0.15, 0.2) is 5.16 Å². The lowest BCUT2D eigenvalue weighted by Crippen LogP contribution is -2.39. The fourth-order valence-corrected chi connectivity index (χ4v) is 4.75. The molecule has 0 unspecified atom stereocenters. The fourth-order valence-electron chi connectivity index (χ4n) is 3.73. The molecule has 1 saturated carbocycles. The van der Waals surface area contributed by atoms with Crippen molar-refractivity contribution in [2.45, 2.75) is 88.2 Å². The van der Waals surface area contributed by atoms with E-state index in [-0.39, 0.29) is 28.8 Å². The van der Waals surface area contributed by atoms with Crippen LogP contribution in [-0.4, -0.2) is 26.8 Å². The molecule has 5 nitrogen and oxygen atoms in total. The zero-order chi connectivity index (χ0) is 20.1. The molecule has 0 spiro atoms. The molecule has 1 N–H and O–H groups in total. The lowest BCUT2D eigenvalue weighted by molar-refractivity contribution is -0.121. The number of para-hydroxylation sites is 1. The molecule has 0 radical (unpaired) electrons. The van der Waals surface area contributed by atoms with Gasteiger partial charge in [0.25, 0.3) is 5.56 Å². The number of fused-ring (bicyclic) bond motifs is 1. The summed E-state index contributed by atoms with van der Waals surface area (Å²) >= 11 is 1.38. The maximum atomic E-state index is 13.1. The van der Waals surface area contributed by atoms with Gasteiger partial charge in [-0.1, -0.05) is 56.5 Å². The Morgan fingerprint density at radius 3 is 2.57 bits per heavy atom. The first kappa shape index (κ1) is 20.9. The Bertz CT molecular complexity index is 872. The maximum absolute atomic E-state index is 13.1. The second-order valence-electron chi connectivity index (χ2n) is 7.80. The van der Waals surface area contributed by atoms with Crippen molar-refractivity contribution in [2.24, 2.45) is 0 Å². The first-order chi connectivity index (χ1) is 13.5. The molecule has 1 amide bonds. The highest BCUT2D eigenvalue weighted by Gasteiger charge is 2.23. The van der Waals surface area contributed by atoms with Crippen LogP contribution in [0.2, 0.25) is 0 Å². The molecule has 0 saturated heterocycles. The molecule has 1 aliphatic rings. The molecule has 2 atom stereocenters. The average Bonchev–Trinajstić information content (AvgIpc) is 2.96. The fraction of sp³-hybridized carbons (Fsp3) is 0.591. The molecule has 28 heavy (non-hydrogen) atoms. The van der Waals surface area contributed by atoms with Gasteiger partial charge in [-0.3, -0.25) is 14.2 Å². The molecule has 2 aromatic rings. The van der Waals surface area contributed by atoms with Gasteiger partial charge >= 0.3 is 0 Å². The van der Waals surface area contributed by atoms with Crippen molar-refractivity contribution in [1.82, 2.24) is 14.9 Å². The first-order valence-corrected chi connectivity index (χ1v) is 11.4. The van der Waals surface area contributed by atoms with Crippen molar-refractivity contribution < 1.29 is 4.79 Å². The smallest absolute Gasteiger partial charge is 0.262 e. The second kappa shape index (κ2) is 9.59. The molecule has 0 bridgehead atoms. The van der Waals surface area contributed by atoms with Crippen LogP contribution in [0.25, 0.3) is 10.9 Å². The third-order valence-electron chi connectivity index (χ3n) is 5.66. The van der Waals surface area contributed by atoms with E-state index in [9.17, 15) is 9.59 Å². The summed E-state index contributed by atoms with van der Waals surface area (Å²) in [7, 11) is 0. The molecular formula is C22H31N3O2S. The van der Waals surface area contributed by atoms with Gasteiger partial charge in [0.1, 0.15) is 0 Å². The number of thioether (sulfide) groups is 1. The van der Waals surface area contributed by atoms with E-state index in [1.807, 2.05) is 38.1 Å². The van der Waals surface area contributed by atoms with Gasteiger partial charge in [-0.2, -0.15) is 0 Å². The van der Waals surface area contributed by atoms with Gasteiger partial charge in [-0.05, 0) is 45.2 Å². The van der Waals surface area contributed by atoms with E-state index in [2.05, 4.69) is 12.2 Å². The third kappa shape index (κ3) is 4.77. The Balaban J connectivity index is 1.83. The molecule has 1 aromatic heterocycles. The van der Waals surface area contributed by atoms with E-state index in [1.165, 1.54) is 37.4 Å². The molecule has 6 heteroatoms. The molecule has 0 aliphatic heterocycles. The summed E-state index contributed by atoms with van der Waals surface area (Å²) in [4.78, 5) is 30.6. The van der Waals surface area contributed by atoms with Gasteiger partial charge in [-0.15, -0.1) is 0 Å². The Morgan fingerprint density at radius 2 is 1.89 bits per heavy atom. The summed E-state index contributed by atoms with van der Waals surface area (Å²) in [5.74, 6) is 0.0370. The predicted molar refractivity (Wildman–Crippen MR) is 116 cm³/mol. The van der Waals surface area contributed by atoms with Crippen LogP contribution in [0.5, 0.6) is 0 Å². The summed E-state index contributed by atoms with van der Waals surface area (Å²) in [6.07, 6.45) is 7.86. The molecule has 1 aromatic carbocycles. The van der Waals surface area contributed by atoms with E-state index in [1.54, 1.807) is 4.57 Å². The minimum absolute atomic E-state index is 0.0289. The zero-order valence-electron chi connectivity index (χ0n) is 17.1. The molecule has 152 valence electrons. The number of carbonyl (C=O) groups is 1. The lowest BCUT2D eigenvalue weighted by atomic mass is 10.1. The zero-order valence-corrected chi connectivity index (χ0v) is 17.9. The van der Waals surface area contributed by atoms with E-state index >= 15 is 0 Å². The topological polar surface area (TPSA) is 64.0 Å². The van der Waals surface area contributed by atoms with Gasteiger partial charge in [0.05, 0.1) is 16.2 Å². The summed E-state index contributed by atoms with van der Waals surface area (Å²) in [5.41, 5.74) is 0.657. The van der Waals surface area contributed by atoms with Gasteiger partial charge < -0.3 is 5.32 Å². The van der Waals surface area contributed by atoms with E-state index < -0.39 is 0 Å². The number of rotatable bonds is 6. The SMILES string of the molecule is CC[C@H](C)n1c(S[C@@H](C)C(=O)NC2CCCCCC2)nc2ccccc2c1=O. The minimum atomic E-state index is -0.299. The number of amides is 1. The number of nitrogens with zero attached hydrogens (tertiary/aromatic N) is 2. The Kier molecular flexibility index (Phi) is 7.16. The van der Waals surface area contributed by atoms with Crippen molar-refractivity contribution >= 4 is 28.6 Å². The third-order valence-corrected chi connectivity index (χ3v) is 6.73. The average molecular weight is 402 g/mol. The normalized spacial score (nSPS) is 17.8. The van der Waals surface area contributed by atoms with Gasteiger partial charge in [0, 0.05) is 12.1 Å². The summed E-state index contributed by atoms with van der Waals surface area (Å²) < 4.78 is 1.75. The molecule has 1 fully saturated rings. The molecular weight excluding hydrogens is 370 g/mol. The number of hydrogen-bond acceptors (Lipinski definition) is 4. The highest BCUT2D eigenvalue weighted by atomic mass is 32.2. The van der Waals surface area contributed by atoms with Crippen LogP contribution < -0.4 is 10.9 Å². The quantitative estimate of drug-likeness (QED) is 0.433. The van der Waals surface area contributed by atoms with Crippen molar-refractivity contribution in [1.29, 1.82) is 0 Å². The van der Waals surface area contributed by atoms with Crippen LogP contribution in [-0.2, 0) is 4.79 Å². The van der Waals surface area contributed by atoms with E-state index in [0.717, 1.165) is 19.3 Å². The first-order valence-electron chi connectivity index (χ1n) is 10.5. The Hall–Kier alpha value is -1.82. The number of hydrogen-bond donors (Lipinski definition) is 1. The highest BCUT2D eigenvalue weighted by Crippen LogP contribution is 2.26. The van der Waals surface area contributed by atoms with E-state index in [0.29, 0.717) is 16.1 Å². The van der Waals surface area contributed by atoms with Crippen LogP contribution in [0, 0.1) is 0 Å². The largest absolute Gasteiger partial charge is 0.352 e. The predicted octanol–water partition coefficient (Wildman–Crippen LogP) is 4.69. The van der Waals surface area contributed by atoms with Crippen molar-refractivity contribution in [3.8, 4) is 0 Å². The second-order valence-corrected chi connectivity index (χ2v) is 9.11. The van der Waals surface area contributed by atoms with Crippen LogP contribution in [0.1, 0.15) is 71.8 Å². The monoisotopic (exact) mass is 401 g/mol.